The molecule has 4 heteroatoms. The van der Waals surface area contributed by atoms with Crippen LogP contribution in [0.25, 0.3) is 0 Å². The zero-order valence-corrected chi connectivity index (χ0v) is 14.8. The Labute approximate surface area is 149 Å². The van der Waals surface area contributed by atoms with E-state index in [0.717, 1.165) is 37.4 Å². The van der Waals surface area contributed by atoms with Crippen molar-refractivity contribution in [1.29, 1.82) is 0 Å². The van der Waals surface area contributed by atoms with Crippen LogP contribution in [-0.4, -0.2) is 36.5 Å². The number of ether oxygens (including phenoxy) is 1. The van der Waals surface area contributed by atoms with E-state index in [1.165, 1.54) is 5.56 Å². The van der Waals surface area contributed by atoms with Gasteiger partial charge in [0.15, 0.2) is 0 Å². The van der Waals surface area contributed by atoms with E-state index in [-0.39, 0.29) is 11.9 Å². The highest BCUT2D eigenvalue weighted by Gasteiger charge is 2.23. The van der Waals surface area contributed by atoms with E-state index < -0.39 is 0 Å². The summed E-state index contributed by atoms with van der Waals surface area (Å²) in [6, 6.07) is 18.5. The van der Waals surface area contributed by atoms with E-state index in [0.29, 0.717) is 13.0 Å². The van der Waals surface area contributed by atoms with Crippen LogP contribution in [0.5, 0.6) is 5.75 Å². The second-order valence-electron chi connectivity index (χ2n) is 6.53. The molecule has 2 aromatic rings. The molecule has 1 saturated heterocycles. The largest absolute Gasteiger partial charge is 0.494 e. The van der Waals surface area contributed by atoms with Crippen molar-refractivity contribution in [3.63, 3.8) is 0 Å². The van der Waals surface area contributed by atoms with E-state index in [1.54, 1.807) is 0 Å². The lowest BCUT2D eigenvalue weighted by atomic mass is 10.1. The van der Waals surface area contributed by atoms with Gasteiger partial charge in [-0.15, -0.1) is 0 Å². The van der Waals surface area contributed by atoms with Gasteiger partial charge in [0, 0.05) is 25.7 Å². The third-order valence-corrected chi connectivity index (χ3v) is 4.49. The van der Waals surface area contributed by atoms with Gasteiger partial charge in [-0.2, -0.15) is 0 Å². The summed E-state index contributed by atoms with van der Waals surface area (Å²) in [5, 5.41) is 3.17. The minimum atomic E-state index is 0.0933. The predicted molar refractivity (Wildman–Crippen MR) is 99.6 cm³/mol. The van der Waals surface area contributed by atoms with E-state index in [1.807, 2.05) is 37.3 Å². The van der Waals surface area contributed by atoms with Crippen molar-refractivity contribution in [2.75, 3.05) is 19.7 Å². The number of nitrogens with one attached hydrogen (secondary N) is 1. The van der Waals surface area contributed by atoms with Gasteiger partial charge in [0.1, 0.15) is 5.75 Å². The molecule has 3 rings (SSSR count). The number of hydrogen-bond donors (Lipinski definition) is 1. The van der Waals surface area contributed by atoms with Crippen LogP contribution in [0.2, 0.25) is 0 Å². The standard InChI is InChI=1S/C21H26N2O2/c1-2-25-20-10-8-17(9-11-20)14-21(24)22-19-12-13-23(16-19)15-18-6-4-3-5-7-18/h3-11,19H,2,12-16H2,1H3,(H,22,24). The summed E-state index contributed by atoms with van der Waals surface area (Å²) >= 11 is 0. The van der Waals surface area contributed by atoms with Crippen molar-refractivity contribution in [1.82, 2.24) is 10.2 Å². The zero-order chi connectivity index (χ0) is 17.5. The highest BCUT2D eigenvalue weighted by Crippen LogP contribution is 2.15. The van der Waals surface area contributed by atoms with E-state index in [2.05, 4.69) is 34.5 Å². The van der Waals surface area contributed by atoms with Crippen LogP contribution < -0.4 is 10.1 Å². The van der Waals surface area contributed by atoms with E-state index >= 15 is 0 Å². The molecule has 0 bridgehead atoms. The average Bonchev–Trinajstić information content (AvgIpc) is 3.04. The van der Waals surface area contributed by atoms with Gasteiger partial charge in [0.25, 0.3) is 0 Å². The fourth-order valence-corrected chi connectivity index (χ4v) is 3.27. The number of nitrogens with zero attached hydrogens (tertiary/aromatic N) is 1. The van der Waals surface area contributed by atoms with Crippen LogP contribution in [-0.2, 0) is 17.8 Å². The Morgan fingerprint density at radius 2 is 1.88 bits per heavy atom. The van der Waals surface area contributed by atoms with Crippen LogP contribution in [0.4, 0.5) is 0 Å². The molecule has 132 valence electrons. The first kappa shape index (κ1) is 17.5. The Hall–Kier alpha value is -2.33. The first-order valence-electron chi connectivity index (χ1n) is 9.00. The van der Waals surface area contributed by atoms with Crippen LogP contribution >= 0.6 is 0 Å². The van der Waals surface area contributed by atoms with Gasteiger partial charge < -0.3 is 10.1 Å². The summed E-state index contributed by atoms with van der Waals surface area (Å²) in [5.41, 5.74) is 2.34. The Morgan fingerprint density at radius 3 is 2.60 bits per heavy atom. The zero-order valence-electron chi connectivity index (χ0n) is 14.8. The van der Waals surface area contributed by atoms with Gasteiger partial charge in [-0.05, 0) is 36.6 Å². The number of likely N-dealkylation sites (tertiary alicyclic amines) is 1. The number of carbonyl (C=O) groups excluding carboxylic acids is 1. The molecule has 1 aliphatic rings. The quantitative estimate of drug-likeness (QED) is 0.844. The Balaban J connectivity index is 1.44. The first-order chi connectivity index (χ1) is 12.2. The summed E-state index contributed by atoms with van der Waals surface area (Å²) in [6.45, 7) is 5.52. The summed E-state index contributed by atoms with van der Waals surface area (Å²) < 4.78 is 5.43. The third-order valence-electron chi connectivity index (χ3n) is 4.49. The summed E-state index contributed by atoms with van der Waals surface area (Å²) in [6.07, 6.45) is 1.43. The smallest absolute Gasteiger partial charge is 0.224 e. The molecule has 0 spiro atoms. The Morgan fingerprint density at radius 1 is 1.12 bits per heavy atom. The van der Waals surface area contributed by atoms with Crippen LogP contribution in [0.1, 0.15) is 24.5 Å². The van der Waals surface area contributed by atoms with Crippen molar-refractivity contribution in [2.24, 2.45) is 0 Å². The molecule has 0 radical (unpaired) electrons. The summed E-state index contributed by atoms with van der Waals surface area (Å²) in [7, 11) is 0. The van der Waals surface area contributed by atoms with Crippen LogP contribution in [0.3, 0.4) is 0 Å². The van der Waals surface area contributed by atoms with Crippen LogP contribution in [0.15, 0.2) is 54.6 Å². The van der Waals surface area contributed by atoms with Crippen molar-refractivity contribution in [2.45, 2.75) is 32.4 Å². The summed E-state index contributed by atoms with van der Waals surface area (Å²) in [5.74, 6) is 0.940. The molecule has 1 aliphatic heterocycles. The van der Waals surface area contributed by atoms with Gasteiger partial charge >= 0.3 is 0 Å². The van der Waals surface area contributed by atoms with Gasteiger partial charge in [-0.1, -0.05) is 42.5 Å². The molecular weight excluding hydrogens is 312 g/mol. The molecule has 4 nitrogen and oxygen atoms in total. The first-order valence-corrected chi connectivity index (χ1v) is 9.00. The van der Waals surface area contributed by atoms with Gasteiger partial charge in [-0.3, -0.25) is 9.69 Å². The second-order valence-corrected chi connectivity index (χ2v) is 6.53. The third kappa shape index (κ3) is 5.33. The second kappa shape index (κ2) is 8.67. The fraction of sp³-hybridized carbons (Fsp3) is 0.381. The molecule has 1 atom stereocenters. The molecule has 1 fully saturated rings. The predicted octanol–water partition coefficient (Wildman–Crippen LogP) is 3.02. The molecule has 1 amide bonds. The SMILES string of the molecule is CCOc1ccc(CC(=O)NC2CCN(Cc3ccccc3)C2)cc1. The number of hydrogen-bond acceptors (Lipinski definition) is 3. The molecule has 2 aromatic carbocycles. The van der Waals surface area contributed by atoms with Crippen LogP contribution in [0, 0.1) is 0 Å². The van der Waals surface area contributed by atoms with Crippen molar-refractivity contribution in [3.8, 4) is 5.75 Å². The maximum atomic E-state index is 12.3. The van der Waals surface area contributed by atoms with Gasteiger partial charge in [0.05, 0.1) is 13.0 Å². The van der Waals surface area contributed by atoms with Crippen molar-refractivity contribution in [3.05, 3.63) is 65.7 Å². The lowest BCUT2D eigenvalue weighted by Crippen LogP contribution is -2.37. The minimum Gasteiger partial charge on any atom is -0.494 e. The maximum absolute atomic E-state index is 12.3. The Bertz CT molecular complexity index is 670. The normalized spacial score (nSPS) is 17.4. The molecule has 1 N–H and O–H groups in total. The number of benzene rings is 2. The number of carbonyl (C=O) groups is 1. The highest BCUT2D eigenvalue weighted by atomic mass is 16.5. The highest BCUT2D eigenvalue weighted by molar-refractivity contribution is 5.79. The molecular formula is C21H26N2O2. The topological polar surface area (TPSA) is 41.6 Å². The van der Waals surface area contributed by atoms with E-state index in [4.69, 9.17) is 4.74 Å². The molecule has 0 saturated carbocycles. The lowest BCUT2D eigenvalue weighted by Gasteiger charge is -2.17. The number of amides is 1. The average molecular weight is 338 g/mol. The molecule has 0 aliphatic carbocycles. The fourth-order valence-electron chi connectivity index (χ4n) is 3.27. The van der Waals surface area contributed by atoms with Crippen molar-refractivity contribution < 1.29 is 9.53 Å². The lowest BCUT2D eigenvalue weighted by molar-refractivity contribution is -0.121. The minimum absolute atomic E-state index is 0.0933. The molecule has 25 heavy (non-hydrogen) atoms. The van der Waals surface area contributed by atoms with Gasteiger partial charge in [-0.25, -0.2) is 0 Å². The van der Waals surface area contributed by atoms with Crippen molar-refractivity contribution >= 4 is 5.91 Å². The monoisotopic (exact) mass is 338 g/mol. The molecule has 1 unspecified atom stereocenters. The molecule has 0 aromatic heterocycles. The molecule has 1 heterocycles. The summed E-state index contributed by atoms with van der Waals surface area (Å²) in [4.78, 5) is 14.7. The van der Waals surface area contributed by atoms with Gasteiger partial charge in [0.2, 0.25) is 5.91 Å². The maximum Gasteiger partial charge on any atom is 0.224 e. The Kier molecular flexibility index (Phi) is 6.07. The van der Waals surface area contributed by atoms with E-state index in [9.17, 15) is 4.79 Å². The number of rotatable bonds is 7.